The molecule has 1 amide bonds. The highest BCUT2D eigenvalue weighted by molar-refractivity contribution is 7.89. The summed E-state index contributed by atoms with van der Waals surface area (Å²) < 4.78 is 70.6. The fourth-order valence-corrected chi connectivity index (χ4v) is 6.57. The highest BCUT2D eigenvalue weighted by Crippen LogP contribution is 2.36. The second-order valence-corrected chi connectivity index (χ2v) is 12.2. The SMILES string of the molecule is CN(C)c1ccc(S(=O)(=O)N2CCC(c3ccn4nc(C(F)(F)F)c(C(=O)NCc5ccccc5)c4c3)CC2)cc1. The minimum absolute atomic E-state index is 0.0522. The van der Waals surface area contributed by atoms with Crippen molar-refractivity contribution >= 4 is 27.1 Å². The maximum Gasteiger partial charge on any atom is 0.436 e. The lowest BCUT2D eigenvalue weighted by atomic mass is 9.90. The van der Waals surface area contributed by atoms with E-state index < -0.39 is 33.4 Å². The Balaban J connectivity index is 1.36. The maximum absolute atomic E-state index is 13.9. The number of aromatic nitrogens is 2. The number of piperidine rings is 1. The van der Waals surface area contributed by atoms with Crippen LogP contribution in [0.5, 0.6) is 0 Å². The number of nitrogens with one attached hydrogen (secondary N) is 1. The number of carbonyl (C=O) groups is 1. The fourth-order valence-electron chi connectivity index (χ4n) is 5.10. The first-order chi connectivity index (χ1) is 19.4. The second-order valence-electron chi connectivity index (χ2n) is 10.2. The van der Waals surface area contributed by atoms with Gasteiger partial charge < -0.3 is 10.2 Å². The molecule has 0 saturated carbocycles. The molecule has 0 bridgehead atoms. The number of amides is 1. The van der Waals surface area contributed by atoms with Gasteiger partial charge >= 0.3 is 6.18 Å². The van der Waals surface area contributed by atoms with Gasteiger partial charge in [0.05, 0.1) is 16.0 Å². The van der Waals surface area contributed by atoms with Crippen molar-refractivity contribution in [2.75, 3.05) is 32.1 Å². The Morgan fingerprint density at radius 3 is 2.29 bits per heavy atom. The van der Waals surface area contributed by atoms with Gasteiger partial charge in [0.1, 0.15) is 0 Å². The van der Waals surface area contributed by atoms with E-state index in [2.05, 4.69) is 10.4 Å². The number of anilines is 1. The minimum Gasteiger partial charge on any atom is -0.378 e. The van der Waals surface area contributed by atoms with E-state index in [1.807, 2.05) is 25.1 Å². The van der Waals surface area contributed by atoms with Gasteiger partial charge in [0.15, 0.2) is 5.69 Å². The number of pyridine rings is 1. The molecule has 1 fully saturated rings. The van der Waals surface area contributed by atoms with Gasteiger partial charge in [0.25, 0.3) is 5.91 Å². The summed E-state index contributed by atoms with van der Waals surface area (Å²) in [5.74, 6) is -0.957. The molecule has 8 nitrogen and oxygen atoms in total. The summed E-state index contributed by atoms with van der Waals surface area (Å²) in [4.78, 5) is 15.2. The Kier molecular flexibility index (Phi) is 7.80. The zero-order valence-corrected chi connectivity index (χ0v) is 23.4. The van der Waals surface area contributed by atoms with Crippen LogP contribution in [-0.4, -0.2) is 55.4 Å². The number of hydrogen-bond acceptors (Lipinski definition) is 5. The molecule has 0 radical (unpaired) electrons. The van der Waals surface area contributed by atoms with E-state index in [0.717, 1.165) is 21.3 Å². The van der Waals surface area contributed by atoms with Gasteiger partial charge in [0, 0.05) is 45.6 Å². The predicted octanol–water partition coefficient (Wildman–Crippen LogP) is 4.92. The molecule has 2 aromatic carbocycles. The molecule has 5 rings (SSSR count). The topological polar surface area (TPSA) is 87.0 Å². The predicted molar refractivity (Wildman–Crippen MR) is 149 cm³/mol. The Morgan fingerprint density at radius 2 is 1.68 bits per heavy atom. The van der Waals surface area contributed by atoms with Gasteiger partial charge in [-0.05, 0) is 66.3 Å². The number of sulfonamides is 1. The van der Waals surface area contributed by atoms with Gasteiger partial charge in [0.2, 0.25) is 10.0 Å². The van der Waals surface area contributed by atoms with Crippen LogP contribution in [0, 0.1) is 0 Å². The van der Waals surface area contributed by atoms with Crippen molar-refractivity contribution in [1.82, 2.24) is 19.2 Å². The quantitative estimate of drug-likeness (QED) is 0.333. The Bertz CT molecular complexity index is 1650. The average molecular weight is 586 g/mol. The van der Waals surface area contributed by atoms with Gasteiger partial charge in [-0.25, -0.2) is 12.9 Å². The molecular weight excluding hydrogens is 555 g/mol. The molecule has 12 heteroatoms. The number of benzene rings is 2. The summed E-state index contributed by atoms with van der Waals surface area (Å²) in [6, 6.07) is 18.8. The Labute approximate surface area is 236 Å². The van der Waals surface area contributed by atoms with Gasteiger partial charge in [-0.15, -0.1) is 0 Å². The summed E-state index contributed by atoms with van der Waals surface area (Å²) in [5.41, 5.74) is 0.645. The van der Waals surface area contributed by atoms with Gasteiger partial charge in [-0.1, -0.05) is 30.3 Å². The highest BCUT2D eigenvalue weighted by Gasteiger charge is 2.40. The number of hydrogen-bond donors (Lipinski definition) is 1. The first kappa shape index (κ1) is 28.6. The number of halogens is 3. The average Bonchev–Trinajstić information content (AvgIpc) is 3.36. The van der Waals surface area contributed by atoms with Crippen molar-refractivity contribution in [1.29, 1.82) is 0 Å². The van der Waals surface area contributed by atoms with Crippen LogP contribution in [0.1, 0.15) is 45.9 Å². The number of alkyl halides is 3. The van der Waals surface area contributed by atoms with E-state index in [-0.39, 0.29) is 36.0 Å². The zero-order valence-electron chi connectivity index (χ0n) is 22.6. The highest BCUT2D eigenvalue weighted by atomic mass is 32.2. The van der Waals surface area contributed by atoms with E-state index in [0.29, 0.717) is 12.8 Å². The molecule has 41 heavy (non-hydrogen) atoms. The molecular formula is C29H30F3N5O3S. The van der Waals surface area contributed by atoms with Crippen molar-refractivity contribution in [3.63, 3.8) is 0 Å². The van der Waals surface area contributed by atoms with E-state index in [9.17, 15) is 26.4 Å². The van der Waals surface area contributed by atoms with Gasteiger partial charge in [-0.2, -0.15) is 22.6 Å². The fraction of sp³-hybridized carbons (Fsp3) is 0.310. The second kappa shape index (κ2) is 11.2. The van der Waals surface area contributed by atoms with E-state index in [1.54, 1.807) is 60.7 Å². The lowest BCUT2D eigenvalue weighted by Gasteiger charge is -2.31. The number of nitrogens with zero attached hydrogens (tertiary/aromatic N) is 4. The number of fused-ring (bicyclic) bond motifs is 1. The van der Waals surface area contributed by atoms with Crippen LogP contribution in [0.25, 0.3) is 5.52 Å². The van der Waals surface area contributed by atoms with E-state index >= 15 is 0 Å². The first-order valence-electron chi connectivity index (χ1n) is 13.1. The molecule has 3 heterocycles. The standard InChI is InChI=1S/C29H30F3N5O3S/c1-35(2)23-8-10-24(11-9-23)41(39,40)36-15-12-21(13-16-36)22-14-17-37-25(18-22)26(27(34-37)29(30,31)32)28(38)33-19-20-6-4-3-5-7-20/h3-11,14,17-18,21H,12-13,15-16,19H2,1-2H3,(H,33,38). The molecule has 0 aliphatic carbocycles. The first-order valence-corrected chi connectivity index (χ1v) is 14.6. The van der Waals surface area contributed by atoms with Crippen LogP contribution >= 0.6 is 0 Å². The summed E-state index contributed by atoms with van der Waals surface area (Å²) in [6.07, 6.45) is -2.43. The summed E-state index contributed by atoms with van der Waals surface area (Å²) in [6.45, 7) is 0.606. The summed E-state index contributed by atoms with van der Waals surface area (Å²) in [5, 5.41) is 6.27. The Hall–Kier alpha value is -3.90. The van der Waals surface area contributed by atoms with Crippen LogP contribution in [-0.2, 0) is 22.7 Å². The van der Waals surface area contributed by atoms with Crippen LogP contribution in [0.3, 0.4) is 0 Å². The normalized spacial score (nSPS) is 15.2. The molecule has 0 spiro atoms. The molecule has 1 saturated heterocycles. The van der Waals surface area contributed by atoms with Crippen molar-refractivity contribution in [2.24, 2.45) is 0 Å². The lowest BCUT2D eigenvalue weighted by Crippen LogP contribution is -2.37. The van der Waals surface area contributed by atoms with Crippen LogP contribution in [0.2, 0.25) is 0 Å². The van der Waals surface area contributed by atoms with Crippen LogP contribution in [0.4, 0.5) is 18.9 Å². The molecule has 216 valence electrons. The van der Waals surface area contributed by atoms with Crippen LogP contribution < -0.4 is 10.2 Å². The number of carbonyl (C=O) groups excluding carboxylic acids is 1. The molecule has 2 aromatic heterocycles. The molecule has 4 aromatic rings. The minimum atomic E-state index is -4.82. The van der Waals surface area contributed by atoms with Crippen molar-refractivity contribution in [2.45, 2.75) is 36.4 Å². The zero-order chi connectivity index (χ0) is 29.4. The molecule has 1 aliphatic heterocycles. The smallest absolute Gasteiger partial charge is 0.378 e. The molecule has 1 aliphatic rings. The van der Waals surface area contributed by atoms with Crippen LogP contribution in [0.15, 0.2) is 77.8 Å². The van der Waals surface area contributed by atoms with Crippen molar-refractivity contribution in [3.8, 4) is 0 Å². The number of rotatable bonds is 7. The third-order valence-corrected chi connectivity index (χ3v) is 9.28. The van der Waals surface area contributed by atoms with E-state index in [4.69, 9.17) is 0 Å². The third kappa shape index (κ3) is 5.94. The van der Waals surface area contributed by atoms with E-state index in [1.165, 1.54) is 10.5 Å². The van der Waals surface area contributed by atoms with Gasteiger partial charge in [-0.3, -0.25) is 4.79 Å². The van der Waals surface area contributed by atoms with Crippen molar-refractivity contribution in [3.05, 3.63) is 95.3 Å². The largest absolute Gasteiger partial charge is 0.436 e. The summed E-state index contributed by atoms with van der Waals surface area (Å²) in [7, 11) is 0.0671. The third-order valence-electron chi connectivity index (χ3n) is 7.37. The Morgan fingerprint density at radius 1 is 1.02 bits per heavy atom. The molecule has 1 N–H and O–H groups in total. The molecule has 0 atom stereocenters. The monoisotopic (exact) mass is 585 g/mol. The van der Waals surface area contributed by atoms with Crippen molar-refractivity contribution < 1.29 is 26.4 Å². The molecule has 0 unspecified atom stereocenters. The summed E-state index contributed by atoms with van der Waals surface area (Å²) >= 11 is 0. The lowest BCUT2D eigenvalue weighted by molar-refractivity contribution is -0.141. The maximum atomic E-state index is 13.9.